The van der Waals surface area contributed by atoms with Crippen molar-refractivity contribution in [2.24, 2.45) is 34.7 Å². The molecule has 5 bridgehead atoms. The SMILES string of the molecule is CO[C@H]1/C=C/O[C@@]2(C)Oc3c(C)c(O)c4c(O)c(c(/C=N/N5CCC(N(C)C6([C@@H]7CCN(c8c(F)cn9c(=O)c(C(=O)O)cc(C%10CC%10)c9c8C)C7)CC6)CC5)c(O)c4c3C2=O)NC(=O)/C(C)=C\C=C\[C@@H](C)[C@H](O)[C@@H](C)[C@@H](O)[C@@H](C)[C@H](OC(C)=O)[C@@H]1C. The number of ether oxygens (including phenoxy) is 4. The van der Waals surface area contributed by atoms with Crippen LogP contribution in [0.25, 0.3) is 16.3 Å². The van der Waals surface area contributed by atoms with E-state index in [4.69, 9.17) is 24.0 Å². The van der Waals surface area contributed by atoms with Crippen molar-refractivity contribution >= 4 is 57.5 Å². The fourth-order valence-corrected chi connectivity index (χ4v) is 14.2. The van der Waals surface area contributed by atoms with E-state index < -0.39 is 106 Å². The zero-order chi connectivity index (χ0) is 63.0. The number of hydrogen-bond donors (Lipinski definition) is 7. The number of allylic oxidation sites excluding steroid dienone is 2. The minimum Gasteiger partial charge on any atom is -0.507 e. The molecule has 87 heavy (non-hydrogen) atoms. The van der Waals surface area contributed by atoms with Gasteiger partial charge in [0, 0.05) is 98.9 Å². The van der Waals surface area contributed by atoms with Crippen molar-refractivity contribution in [2.75, 3.05) is 50.6 Å². The lowest BCUT2D eigenvalue weighted by Gasteiger charge is -2.42. The number of halogens is 1. The smallest absolute Gasteiger partial charge is 0.341 e. The number of methoxy groups -OCH3 is 1. The molecular formula is C65H81FN6O15. The van der Waals surface area contributed by atoms with Crippen LogP contribution in [0.2, 0.25) is 0 Å². The molecule has 2 aromatic carbocycles. The van der Waals surface area contributed by atoms with Crippen LogP contribution in [0.1, 0.15) is 142 Å². The summed E-state index contributed by atoms with van der Waals surface area (Å²) in [7, 11) is 3.58. The van der Waals surface area contributed by atoms with Crippen LogP contribution in [0.4, 0.5) is 15.8 Å². The summed E-state index contributed by atoms with van der Waals surface area (Å²) in [6, 6.07) is 1.62. The molecule has 7 heterocycles. The van der Waals surface area contributed by atoms with Crippen molar-refractivity contribution in [3.8, 4) is 23.0 Å². The van der Waals surface area contributed by atoms with E-state index in [1.807, 2.05) is 11.9 Å². The van der Waals surface area contributed by atoms with Gasteiger partial charge in [0.25, 0.3) is 17.2 Å². The molecule has 5 aliphatic heterocycles. The second-order valence-corrected chi connectivity index (χ2v) is 25.3. The first-order valence-electron chi connectivity index (χ1n) is 30.1. The van der Waals surface area contributed by atoms with Crippen molar-refractivity contribution in [2.45, 2.75) is 155 Å². The molecule has 7 aliphatic rings. The van der Waals surface area contributed by atoms with Gasteiger partial charge in [-0.25, -0.2) is 9.18 Å². The number of hydrazone groups is 1. The molecule has 1 amide bonds. The predicted octanol–water partition coefficient (Wildman–Crippen LogP) is 8.18. The van der Waals surface area contributed by atoms with Crippen molar-refractivity contribution in [3.05, 3.63) is 98.0 Å². The molecule has 4 aromatic rings. The Hall–Kier alpha value is -7.53. The molecule has 0 unspecified atom stereocenters. The number of aromatic carboxylic acids is 1. The summed E-state index contributed by atoms with van der Waals surface area (Å²) in [5.41, 5.74) is 0.593. The van der Waals surface area contributed by atoms with Crippen molar-refractivity contribution in [3.63, 3.8) is 0 Å². The molecule has 0 radical (unpaired) electrons. The molecule has 10 atom stereocenters. The number of phenolic OH excluding ortho intramolecular Hbond substituents is 3. The van der Waals surface area contributed by atoms with Gasteiger partial charge in [-0.3, -0.25) is 33.5 Å². The summed E-state index contributed by atoms with van der Waals surface area (Å²) in [4.78, 5) is 71.4. The quantitative estimate of drug-likeness (QED) is 0.0341. The molecule has 21 nitrogen and oxygen atoms in total. The number of fused-ring (bicyclic) bond motifs is 15. The first-order valence-corrected chi connectivity index (χ1v) is 30.1. The maximum Gasteiger partial charge on any atom is 0.341 e. The van der Waals surface area contributed by atoms with Gasteiger partial charge in [-0.1, -0.05) is 45.9 Å². The zero-order valence-corrected chi connectivity index (χ0v) is 51.2. The highest BCUT2D eigenvalue weighted by Crippen LogP contribution is 2.56. The van der Waals surface area contributed by atoms with Crippen molar-refractivity contribution in [1.82, 2.24) is 14.3 Å². The predicted molar refractivity (Wildman–Crippen MR) is 323 cm³/mol. The molecule has 0 spiro atoms. The minimum atomic E-state index is -2.11. The maximum atomic E-state index is 16.3. The Labute approximate surface area is 504 Å². The number of amides is 1. The normalized spacial score (nSPS) is 29.6. The Morgan fingerprint density at radius 3 is 2.22 bits per heavy atom. The van der Waals surface area contributed by atoms with E-state index >= 15 is 4.39 Å². The van der Waals surface area contributed by atoms with E-state index in [-0.39, 0.29) is 73.5 Å². The fourth-order valence-electron chi connectivity index (χ4n) is 14.2. The maximum absolute atomic E-state index is 16.3. The number of aryl methyl sites for hydroxylation is 1. The number of esters is 1. The molecular weight excluding hydrogens is 1120 g/mol. The second kappa shape index (κ2) is 23.9. The molecule has 2 aliphatic carbocycles. The molecule has 468 valence electrons. The standard InChI is InChI=1S/C65H81FN6O15/c1-31-13-12-14-32(2)61(80)68-50-44(56(77)47-48(57(50)78)55(76)37(7)59-49(47)60(79)64(9,87-59)85-26-20-46(84-11)33(3)58(86-38(8)73)36(6)54(75)35(5)53(31)74)28-67-71-24-18-41(19-25-71)69(10)65(21-22-65)40-17-23-70(29-40)52-34(4)51-42(39-15-16-39)27-43(63(82)83)62(81)72(51)30-45(52)66/h12-14,20,26-28,30-31,33,35-36,39-41,46,53-54,58,74-78H,15-19,21-25,29H2,1-11H3,(H,68,80)(H,82,83)/b13-12+,26-20+,32-14-,67-28+/t31-,33-,35-,36-,40-,46+,53+,54-,58-,64+/m1/s1. The monoisotopic (exact) mass is 1200 g/mol. The summed E-state index contributed by atoms with van der Waals surface area (Å²) in [5.74, 6) is -10.4. The first kappa shape index (κ1) is 62.5. The van der Waals surface area contributed by atoms with Crippen molar-refractivity contribution < 1.29 is 73.2 Å². The van der Waals surface area contributed by atoms with Gasteiger partial charge in [-0.2, -0.15) is 5.10 Å². The second-order valence-electron chi connectivity index (χ2n) is 25.3. The van der Waals surface area contributed by atoms with E-state index in [2.05, 4.69) is 22.2 Å². The van der Waals surface area contributed by atoms with E-state index in [0.29, 0.717) is 55.8 Å². The number of nitrogens with one attached hydrogen (secondary N) is 1. The van der Waals surface area contributed by atoms with Gasteiger partial charge in [0.2, 0.25) is 0 Å². The van der Waals surface area contributed by atoms with E-state index in [1.165, 1.54) is 69.9 Å². The third kappa shape index (κ3) is 11.2. The Kier molecular flexibility index (Phi) is 17.2. The molecule has 4 fully saturated rings. The number of aliphatic hydroxyl groups is 2. The molecule has 11 rings (SSSR count). The van der Waals surface area contributed by atoms with Gasteiger partial charge >= 0.3 is 17.7 Å². The Balaban J connectivity index is 0.932. The summed E-state index contributed by atoms with van der Waals surface area (Å²) in [6.45, 7) is 16.5. The van der Waals surface area contributed by atoms with Gasteiger partial charge in [-0.05, 0) is 108 Å². The topological polar surface area (TPSA) is 282 Å². The number of carbonyl (C=O) groups is 4. The number of rotatable bonds is 10. The van der Waals surface area contributed by atoms with Crippen LogP contribution in [0, 0.1) is 49.3 Å². The number of ketones is 1. The van der Waals surface area contributed by atoms with Crippen LogP contribution in [0.3, 0.4) is 0 Å². The number of carboxylic acid groups (broad SMARTS) is 1. The molecule has 22 heteroatoms. The zero-order valence-electron chi connectivity index (χ0n) is 51.2. The molecule has 2 aromatic heterocycles. The van der Waals surface area contributed by atoms with Crippen LogP contribution in [-0.4, -0.2) is 157 Å². The number of aromatic nitrogens is 1. The van der Waals surface area contributed by atoms with Crippen LogP contribution in [0.15, 0.2) is 58.3 Å². The number of carbonyl (C=O) groups excluding carboxylic acids is 3. The third-order valence-corrected chi connectivity index (χ3v) is 19.8. The summed E-state index contributed by atoms with van der Waals surface area (Å²) in [6.07, 6.45) is 11.7. The number of aromatic hydroxyl groups is 3. The lowest BCUT2D eigenvalue weighted by atomic mass is 9.78. The summed E-state index contributed by atoms with van der Waals surface area (Å²) < 4.78 is 41.4. The van der Waals surface area contributed by atoms with E-state index in [9.17, 15) is 54.6 Å². The number of aliphatic hydroxyl groups excluding tert-OH is 2. The lowest BCUT2D eigenvalue weighted by Crippen LogP contribution is -2.50. The Morgan fingerprint density at radius 2 is 1.59 bits per heavy atom. The highest BCUT2D eigenvalue weighted by atomic mass is 19.1. The fraction of sp³-hybridized carbons (Fsp3) is 0.538. The van der Waals surface area contributed by atoms with Crippen molar-refractivity contribution in [1.29, 1.82) is 0 Å². The number of pyridine rings is 2. The van der Waals surface area contributed by atoms with E-state index in [0.717, 1.165) is 43.9 Å². The van der Waals surface area contributed by atoms with Crippen LogP contribution < -0.4 is 20.5 Å². The number of phenols is 3. The van der Waals surface area contributed by atoms with Gasteiger partial charge in [-0.15, -0.1) is 0 Å². The van der Waals surface area contributed by atoms with Gasteiger partial charge < -0.3 is 59.8 Å². The number of benzene rings is 2. The number of piperidine rings is 1. The van der Waals surface area contributed by atoms with E-state index in [1.54, 1.807) is 39.8 Å². The molecule has 2 saturated carbocycles. The number of nitrogens with zero attached hydrogens (tertiary/aromatic N) is 5. The summed E-state index contributed by atoms with van der Waals surface area (Å²) in [5, 5.41) is 78.5. The molecule has 2 saturated heterocycles. The average molecular weight is 1210 g/mol. The Morgan fingerprint density at radius 1 is 0.897 bits per heavy atom. The van der Waals surface area contributed by atoms with Gasteiger partial charge in [0.15, 0.2) is 11.6 Å². The number of hydrogen-bond acceptors (Lipinski definition) is 18. The number of carboxylic acids is 1. The van der Waals surface area contributed by atoms with Crippen LogP contribution in [-0.2, 0) is 23.8 Å². The number of Topliss-reactive ketones (excluding diaryl/α,β-unsaturated/α-hetero) is 1. The van der Waals surface area contributed by atoms with Crippen LogP contribution >= 0.6 is 0 Å². The third-order valence-electron chi connectivity index (χ3n) is 19.8. The Bertz CT molecular complexity index is 3640. The molecule has 7 N–H and O–H groups in total. The highest BCUT2D eigenvalue weighted by molar-refractivity contribution is 6.24. The van der Waals surface area contributed by atoms with Gasteiger partial charge in [0.1, 0.15) is 28.9 Å². The number of anilines is 2. The average Bonchev–Trinajstić information content (AvgIpc) is 1.69. The first-order chi connectivity index (χ1) is 41.2. The summed E-state index contributed by atoms with van der Waals surface area (Å²) >= 11 is 0. The van der Waals surface area contributed by atoms with Crippen LogP contribution in [0.5, 0.6) is 23.0 Å². The largest absolute Gasteiger partial charge is 0.507 e. The highest BCUT2D eigenvalue weighted by Gasteiger charge is 2.56. The minimum absolute atomic E-state index is 0.0215. The van der Waals surface area contributed by atoms with Gasteiger partial charge in [0.05, 0.1) is 70.4 Å². The lowest BCUT2D eigenvalue weighted by molar-refractivity contribution is -0.160.